The Morgan fingerprint density at radius 3 is 2.74 bits per heavy atom. The van der Waals surface area contributed by atoms with Crippen LogP contribution < -0.4 is 10.1 Å². The fourth-order valence-corrected chi connectivity index (χ4v) is 3.00. The van der Waals surface area contributed by atoms with Crippen molar-refractivity contribution in [1.82, 2.24) is 10.3 Å². The number of halogens is 1. The number of rotatable bonds is 5. The molecule has 3 rings (SSSR count). The molecule has 0 saturated heterocycles. The highest BCUT2D eigenvalue weighted by atomic mass is 127. The molecule has 0 aliphatic carbocycles. The van der Waals surface area contributed by atoms with Gasteiger partial charge in [0.05, 0.1) is 0 Å². The largest absolute Gasteiger partial charge is 0.431 e. The Morgan fingerprint density at radius 2 is 2.04 bits per heavy atom. The van der Waals surface area contributed by atoms with Crippen LogP contribution >= 0.6 is 33.9 Å². The summed E-state index contributed by atoms with van der Waals surface area (Å²) in [5.74, 6) is 0.652. The van der Waals surface area contributed by atoms with E-state index in [1.54, 1.807) is 6.20 Å². The van der Waals surface area contributed by atoms with Crippen molar-refractivity contribution >= 4 is 39.8 Å². The van der Waals surface area contributed by atoms with Crippen LogP contribution in [-0.2, 0) is 6.54 Å². The molecule has 1 amide bonds. The third-order valence-electron chi connectivity index (χ3n) is 3.08. The first kappa shape index (κ1) is 15.9. The zero-order chi connectivity index (χ0) is 16.1. The second-order valence-corrected chi connectivity index (χ2v) is 6.84. The molecule has 4 nitrogen and oxygen atoms in total. The van der Waals surface area contributed by atoms with Gasteiger partial charge in [-0.3, -0.25) is 4.79 Å². The van der Waals surface area contributed by atoms with Crippen LogP contribution in [0, 0.1) is 3.57 Å². The number of ether oxygens (including phenoxy) is 1. The quantitative estimate of drug-likeness (QED) is 0.601. The molecule has 0 spiro atoms. The van der Waals surface area contributed by atoms with Crippen molar-refractivity contribution in [2.75, 3.05) is 0 Å². The van der Waals surface area contributed by atoms with E-state index < -0.39 is 0 Å². The van der Waals surface area contributed by atoms with Gasteiger partial charge in [-0.2, -0.15) is 0 Å². The van der Waals surface area contributed by atoms with Gasteiger partial charge in [0.15, 0.2) is 0 Å². The highest BCUT2D eigenvalue weighted by Crippen LogP contribution is 2.23. The minimum atomic E-state index is -0.0772. The average molecular weight is 436 g/mol. The van der Waals surface area contributed by atoms with Crippen LogP contribution in [0.1, 0.15) is 15.9 Å². The first-order valence-corrected chi connectivity index (χ1v) is 8.86. The van der Waals surface area contributed by atoms with Gasteiger partial charge in [-0.15, -0.1) is 0 Å². The molecular formula is C17H13IN2O2S. The number of hydrogen-bond acceptors (Lipinski definition) is 4. The summed E-state index contributed by atoms with van der Waals surface area (Å²) >= 11 is 3.64. The lowest BCUT2D eigenvalue weighted by Gasteiger charge is -2.07. The van der Waals surface area contributed by atoms with Crippen molar-refractivity contribution in [2.45, 2.75) is 6.54 Å². The number of nitrogens with zero attached hydrogens (tertiary/aromatic N) is 1. The van der Waals surface area contributed by atoms with Crippen LogP contribution in [-0.4, -0.2) is 10.9 Å². The van der Waals surface area contributed by atoms with Gasteiger partial charge < -0.3 is 10.1 Å². The molecule has 0 radical (unpaired) electrons. The second kappa shape index (κ2) is 7.56. The zero-order valence-corrected chi connectivity index (χ0v) is 15.0. The molecule has 1 N–H and O–H groups in total. The molecule has 3 aromatic rings. The number of thiazole rings is 1. The van der Waals surface area contributed by atoms with E-state index in [0.717, 1.165) is 14.9 Å². The summed E-state index contributed by atoms with van der Waals surface area (Å²) in [4.78, 5) is 16.2. The third-order valence-corrected chi connectivity index (χ3v) is 4.40. The van der Waals surface area contributed by atoms with E-state index in [0.29, 0.717) is 17.3 Å². The van der Waals surface area contributed by atoms with Crippen LogP contribution in [0.15, 0.2) is 60.1 Å². The number of hydrogen-bond donors (Lipinski definition) is 1. The first-order valence-electron chi connectivity index (χ1n) is 6.91. The maximum atomic E-state index is 12.1. The number of carbonyl (C=O) groups excluding carboxylic acids is 1. The molecule has 0 unspecified atom stereocenters. The summed E-state index contributed by atoms with van der Waals surface area (Å²) in [5, 5.41) is 5.39. The summed E-state index contributed by atoms with van der Waals surface area (Å²) < 4.78 is 6.64. The predicted octanol–water partition coefficient (Wildman–Crippen LogP) is 4.47. The lowest BCUT2D eigenvalue weighted by Crippen LogP contribution is -2.22. The van der Waals surface area contributed by atoms with Crippen LogP contribution in [0.5, 0.6) is 10.9 Å². The lowest BCUT2D eigenvalue weighted by molar-refractivity contribution is 0.0951. The molecule has 6 heteroatoms. The maximum Gasteiger partial charge on any atom is 0.278 e. The van der Waals surface area contributed by atoms with Crippen LogP contribution in [0.3, 0.4) is 0 Å². The zero-order valence-electron chi connectivity index (χ0n) is 12.0. The summed E-state index contributed by atoms with van der Waals surface area (Å²) in [6.45, 7) is 0.474. The molecule has 0 saturated carbocycles. The Morgan fingerprint density at radius 1 is 1.22 bits per heavy atom. The van der Waals surface area contributed by atoms with Crippen LogP contribution in [0.2, 0.25) is 0 Å². The molecule has 23 heavy (non-hydrogen) atoms. The standard InChI is InChI=1S/C17H13IN2O2S/c18-14-3-1-2-13(10-14)16(21)20-11-12-4-6-15(7-5-12)22-17-19-8-9-23-17/h1-10H,11H2,(H,20,21). The summed E-state index contributed by atoms with van der Waals surface area (Å²) in [7, 11) is 0. The minimum absolute atomic E-state index is 0.0772. The van der Waals surface area contributed by atoms with Crippen molar-refractivity contribution in [3.05, 3.63) is 74.8 Å². The number of aromatic nitrogens is 1. The molecule has 0 bridgehead atoms. The monoisotopic (exact) mass is 436 g/mol. The van der Waals surface area contributed by atoms with Crippen molar-refractivity contribution in [1.29, 1.82) is 0 Å². The third kappa shape index (κ3) is 4.52. The van der Waals surface area contributed by atoms with Gasteiger partial charge in [0.1, 0.15) is 5.75 Å². The van der Waals surface area contributed by atoms with Crippen molar-refractivity contribution in [3.63, 3.8) is 0 Å². The molecule has 116 valence electrons. The highest BCUT2D eigenvalue weighted by molar-refractivity contribution is 14.1. The second-order valence-electron chi connectivity index (χ2n) is 4.74. The van der Waals surface area contributed by atoms with E-state index in [9.17, 15) is 4.79 Å². The Balaban J connectivity index is 1.57. The van der Waals surface area contributed by atoms with E-state index in [4.69, 9.17) is 4.74 Å². The molecule has 0 aliphatic heterocycles. The summed E-state index contributed by atoms with van der Waals surface area (Å²) in [6.07, 6.45) is 1.70. The Kier molecular flexibility index (Phi) is 5.24. The number of carbonyl (C=O) groups is 1. The molecule has 0 aliphatic rings. The number of amides is 1. The fraction of sp³-hybridized carbons (Fsp3) is 0.0588. The fourth-order valence-electron chi connectivity index (χ4n) is 1.95. The molecule has 0 atom stereocenters. The van der Waals surface area contributed by atoms with Gasteiger partial charge in [-0.25, -0.2) is 4.98 Å². The number of benzene rings is 2. The van der Waals surface area contributed by atoms with Gasteiger partial charge in [-0.1, -0.05) is 29.5 Å². The van der Waals surface area contributed by atoms with Crippen molar-refractivity contribution in [2.24, 2.45) is 0 Å². The van der Waals surface area contributed by atoms with Crippen LogP contribution in [0.4, 0.5) is 0 Å². The lowest BCUT2D eigenvalue weighted by atomic mass is 10.2. The normalized spacial score (nSPS) is 10.3. The maximum absolute atomic E-state index is 12.1. The molecule has 2 aromatic carbocycles. The van der Waals surface area contributed by atoms with Crippen LogP contribution in [0.25, 0.3) is 0 Å². The van der Waals surface area contributed by atoms with Gasteiger partial charge in [0, 0.05) is 27.3 Å². The predicted molar refractivity (Wildman–Crippen MR) is 99.0 cm³/mol. The molecule has 1 heterocycles. The average Bonchev–Trinajstić information content (AvgIpc) is 3.07. The Hall–Kier alpha value is -1.93. The Bertz CT molecular complexity index is 789. The van der Waals surface area contributed by atoms with E-state index in [1.807, 2.05) is 53.9 Å². The number of nitrogens with one attached hydrogen (secondary N) is 1. The van der Waals surface area contributed by atoms with Gasteiger partial charge in [0.25, 0.3) is 11.1 Å². The Labute approximate surface area is 151 Å². The molecular weight excluding hydrogens is 423 g/mol. The van der Waals surface area contributed by atoms with Gasteiger partial charge >= 0.3 is 0 Å². The van der Waals surface area contributed by atoms with Crippen molar-refractivity contribution in [3.8, 4) is 10.9 Å². The molecule has 1 aromatic heterocycles. The summed E-state index contributed by atoms with van der Waals surface area (Å²) in [5.41, 5.74) is 1.68. The van der Waals surface area contributed by atoms with Gasteiger partial charge in [-0.05, 0) is 58.5 Å². The smallest absolute Gasteiger partial charge is 0.278 e. The van der Waals surface area contributed by atoms with E-state index in [-0.39, 0.29) is 5.91 Å². The molecule has 0 fully saturated rings. The highest BCUT2D eigenvalue weighted by Gasteiger charge is 2.06. The SMILES string of the molecule is O=C(NCc1ccc(Oc2nccs2)cc1)c1cccc(I)c1. The first-order chi connectivity index (χ1) is 11.2. The van der Waals surface area contributed by atoms with Gasteiger partial charge in [0.2, 0.25) is 0 Å². The van der Waals surface area contributed by atoms with E-state index in [1.165, 1.54) is 11.3 Å². The topological polar surface area (TPSA) is 51.2 Å². The minimum Gasteiger partial charge on any atom is -0.431 e. The van der Waals surface area contributed by atoms with Crippen molar-refractivity contribution < 1.29 is 9.53 Å². The van der Waals surface area contributed by atoms with E-state index >= 15 is 0 Å². The van der Waals surface area contributed by atoms with E-state index in [2.05, 4.69) is 32.9 Å². The summed E-state index contributed by atoms with van der Waals surface area (Å²) in [6, 6.07) is 15.1.